The molecular formula is C17H25ClN2O3S. The summed E-state index contributed by atoms with van der Waals surface area (Å²) in [4.78, 5) is 14.4. The maximum atomic E-state index is 12.6. The Labute approximate surface area is 149 Å². The van der Waals surface area contributed by atoms with Crippen molar-refractivity contribution < 1.29 is 13.2 Å². The van der Waals surface area contributed by atoms with Crippen LogP contribution in [0.3, 0.4) is 0 Å². The van der Waals surface area contributed by atoms with Crippen molar-refractivity contribution in [3.63, 3.8) is 0 Å². The number of sulfone groups is 1. The van der Waals surface area contributed by atoms with Crippen LogP contribution in [0, 0.1) is 5.41 Å². The third-order valence-electron chi connectivity index (χ3n) is 5.00. The molecule has 0 radical (unpaired) electrons. The lowest BCUT2D eigenvalue weighted by Gasteiger charge is -2.20. The standard InChI is InChI=1S/C17H24N2O3S.ClH/c1-23(21,22)12-17(7-8-17)9-16(20)19-10-14(15(18)11-19)13-5-3-2-4-6-13;/h2-6,14-15H,7-12,18H2,1H3;1H/t14-,15+;/m0./s1. The summed E-state index contributed by atoms with van der Waals surface area (Å²) >= 11 is 0. The van der Waals surface area contributed by atoms with Gasteiger partial charge in [-0.05, 0) is 23.8 Å². The van der Waals surface area contributed by atoms with E-state index >= 15 is 0 Å². The molecule has 1 aromatic rings. The van der Waals surface area contributed by atoms with Gasteiger partial charge in [0.25, 0.3) is 0 Å². The van der Waals surface area contributed by atoms with Gasteiger partial charge in [-0.15, -0.1) is 12.4 Å². The summed E-state index contributed by atoms with van der Waals surface area (Å²) in [6.07, 6.45) is 3.23. The van der Waals surface area contributed by atoms with Crippen LogP contribution in [-0.4, -0.2) is 50.4 Å². The highest BCUT2D eigenvalue weighted by atomic mass is 35.5. The molecule has 2 aliphatic rings. The van der Waals surface area contributed by atoms with Crippen LogP contribution >= 0.6 is 12.4 Å². The molecule has 1 aromatic carbocycles. The Morgan fingerprint density at radius 3 is 2.42 bits per heavy atom. The fourth-order valence-corrected chi connectivity index (χ4v) is 5.13. The fourth-order valence-electron chi connectivity index (χ4n) is 3.62. The van der Waals surface area contributed by atoms with E-state index in [1.165, 1.54) is 6.26 Å². The lowest BCUT2D eigenvalue weighted by molar-refractivity contribution is -0.131. The van der Waals surface area contributed by atoms with Crippen molar-refractivity contribution in [2.24, 2.45) is 11.1 Å². The minimum atomic E-state index is -3.05. The van der Waals surface area contributed by atoms with E-state index in [4.69, 9.17) is 5.73 Å². The molecule has 134 valence electrons. The number of nitrogens with two attached hydrogens (primary N) is 1. The molecule has 2 atom stereocenters. The smallest absolute Gasteiger partial charge is 0.223 e. The molecular weight excluding hydrogens is 348 g/mol. The molecule has 1 aliphatic carbocycles. The lowest BCUT2D eigenvalue weighted by atomic mass is 9.95. The maximum absolute atomic E-state index is 12.6. The largest absolute Gasteiger partial charge is 0.340 e. The first kappa shape index (κ1) is 19.2. The SMILES string of the molecule is CS(=O)(=O)CC1(CC(=O)N2C[C@@H](N)[C@H](c3ccccc3)C2)CC1.Cl. The van der Waals surface area contributed by atoms with E-state index in [2.05, 4.69) is 0 Å². The van der Waals surface area contributed by atoms with E-state index in [1.807, 2.05) is 35.2 Å². The monoisotopic (exact) mass is 372 g/mol. The van der Waals surface area contributed by atoms with Crippen molar-refractivity contribution in [1.82, 2.24) is 4.90 Å². The Kier molecular flexibility index (Phi) is 5.62. The minimum Gasteiger partial charge on any atom is -0.340 e. The van der Waals surface area contributed by atoms with Gasteiger partial charge in [-0.25, -0.2) is 8.42 Å². The third-order valence-corrected chi connectivity index (χ3v) is 6.13. The van der Waals surface area contributed by atoms with Gasteiger partial charge in [-0.1, -0.05) is 30.3 Å². The van der Waals surface area contributed by atoms with Gasteiger partial charge in [0.1, 0.15) is 9.84 Å². The number of hydrogen-bond acceptors (Lipinski definition) is 4. The molecule has 1 aliphatic heterocycles. The van der Waals surface area contributed by atoms with Crippen molar-refractivity contribution in [1.29, 1.82) is 0 Å². The van der Waals surface area contributed by atoms with Crippen LogP contribution in [0.2, 0.25) is 0 Å². The van der Waals surface area contributed by atoms with Crippen LogP contribution < -0.4 is 5.73 Å². The highest BCUT2D eigenvalue weighted by Gasteiger charge is 2.48. The molecule has 3 rings (SSSR count). The van der Waals surface area contributed by atoms with Crippen LogP contribution in [-0.2, 0) is 14.6 Å². The number of halogens is 1. The van der Waals surface area contributed by atoms with Crippen LogP contribution in [0.4, 0.5) is 0 Å². The van der Waals surface area contributed by atoms with E-state index in [0.717, 1.165) is 18.4 Å². The summed E-state index contributed by atoms with van der Waals surface area (Å²) in [6, 6.07) is 9.96. The highest BCUT2D eigenvalue weighted by Crippen LogP contribution is 2.50. The van der Waals surface area contributed by atoms with Crippen LogP contribution in [0.15, 0.2) is 30.3 Å². The predicted octanol–water partition coefficient (Wildman–Crippen LogP) is 1.58. The molecule has 2 N–H and O–H groups in total. The summed E-state index contributed by atoms with van der Waals surface area (Å²) in [5.74, 6) is 0.318. The molecule has 1 saturated carbocycles. The van der Waals surface area contributed by atoms with Crippen molar-refractivity contribution in [3.8, 4) is 0 Å². The molecule has 1 heterocycles. The molecule has 24 heavy (non-hydrogen) atoms. The van der Waals surface area contributed by atoms with Gasteiger partial charge in [0, 0.05) is 37.7 Å². The number of likely N-dealkylation sites (tertiary alicyclic amines) is 1. The molecule has 0 aromatic heterocycles. The van der Waals surface area contributed by atoms with E-state index in [9.17, 15) is 13.2 Å². The molecule has 5 nitrogen and oxygen atoms in total. The van der Waals surface area contributed by atoms with Crippen molar-refractivity contribution in [3.05, 3.63) is 35.9 Å². The first-order valence-corrected chi connectivity index (χ1v) is 10.1. The summed E-state index contributed by atoms with van der Waals surface area (Å²) in [5.41, 5.74) is 7.07. The Balaban J connectivity index is 0.00000208. The first-order chi connectivity index (χ1) is 10.8. The van der Waals surface area contributed by atoms with E-state index in [0.29, 0.717) is 19.5 Å². The maximum Gasteiger partial charge on any atom is 0.223 e. The lowest BCUT2D eigenvalue weighted by Crippen LogP contribution is -2.34. The Morgan fingerprint density at radius 1 is 1.25 bits per heavy atom. The number of rotatable bonds is 5. The van der Waals surface area contributed by atoms with Gasteiger partial charge >= 0.3 is 0 Å². The molecule has 1 saturated heterocycles. The van der Waals surface area contributed by atoms with Crippen molar-refractivity contribution in [2.75, 3.05) is 25.1 Å². The highest BCUT2D eigenvalue weighted by molar-refractivity contribution is 7.90. The number of hydrogen-bond donors (Lipinski definition) is 1. The minimum absolute atomic E-state index is 0. The number of amides is 1. The molecule has 7 heteroatoms. The van der Waals surface area contributed by atoms with Gasteiger partial charge in [0.15, 0.2) is 0 Å². The molecule has 2 fully saturated rings. The van der Waals surface area contributed by atoms with Gasteiger partial charge in [0.05, 0.1) is 5.75 Å². The van der Waals surface area contributed by atoms with Crippen LogP contribution in [0.1, 0.15) is 30.7 Å². The zero-order valence-corrected chi connectivity index (χ0v) is 15.5. The van der Waals surface area contributed by atoms with Gasteiger partial charge in [-0.3, -0.25) is 4.79 Å². The van der Waals surface area contributed by atoms with Gasteiger partial charge in [-0.2, -0.15) is 0 Å². The Bertz CT molecular complexity index is 689. The Morgan fingerprint density at radius 2 is 1.88 bits per heavy atom. The van der Waals surface area contributed by atoms with E-state index in [-0.39, 0.29) is 41.4 Å². The average Bonchev–Trinajstić information content (AvgIpc) is 3.08. The number of nitrogens with zero attached hydrogens (tertiary/aromatic N) is 1. The average molecular weight is 373 g/mol. The predicted molar refractivity (Wildman–Crippen MR) is 97.0 cm³/mol. The zero-order chi connectivity index (χ0) is 16.7. The fraction of sp³-hybridized carbons (Fsp3) is 0.588. The molecule has 1 amide bonds. The second-order valence-corrected chi connectivity index (χ2v) is 9.37. The molecule has 0 spiro atoms. The van der Waals surface area contributed by atoms with Gasteiger partial charge < -0.3 is 10.6 Å². The van der Waals surface area contributed by atoms with E-state index < -0.39 is 9.84 Å². The normalized spacial score (nSPS) is 25.2. The summed E-state index contributed by atoms with van der Waals surface area (Å²) in [5, 5.41) is 0. The second-order valence-electron chi connectivity index (χ2n) is 7.23. The molecule has 0 bridgehead atoms. The molecule has 0 unspecified atom stereocenters. The van der Waals surface area contributed by atoms with Gasteiger partial charge in [0.2, 0.25) is 5.91 Å². The third kappa shape index (κ3) is 4.49. The Hall–Kier alpha value is -1.11. The quantitative estimate of drug-likeness (QED) is 0.850. The summed E-state index contributed by atoms with van der Waals surface area (Å²) in [6.45, 7) is 1.17. The zero-order valence-electron chi connectivity index (χ0n) is 13.8. The number of carbonyl (C=O) groups is 1. The summed E-state index contributed by atoms with van der Waals surface area (Å²) < 4.78 is 23.1. The second kappa shape index (κ2) is 7.02. The summed E-state index contributed by atoms with van der Waals surface area (Å²) in [7, 11) is -3.05. The van der Waals surface area contributed by atoms with Crippen LogP contribution in [0.5, 0.6) is 0 Å². The first-order valence-electron chi connectivity index (χ1n) is 8.04. The van der Waals surface area contributed by atoms with E-state index in [1.54, 1.807) is 0 Å². The number of carbonyl (C=O) groups excluding carboxylic acids is 1. The van der Waals surface area contributed by atoms with Crippen LogP contribution in [0.25, 0.3) is 0 Å². The number of benzene rings is 1. The van der Waals surface area contributed by atoms with Crippen molar-refractivity contribution in [2.45, 2.75) is 31.2 Å². The van der Waals surface area contributed by atoms with Crippen molar-refractivity contribution >= 4 is 28.2 Å². The topological polar surface area (TPSA) is 80.5 Å².